The third kappa shape index (κ3) is 4.08. The van der Waals surface area contributed by atoms with Gasteiger partial charge in [-0.1, -0.05) is 53.7 Å². The molecule has 0 aromatic heterocycles. The van der Waals surface area contributed by atoms with E-state index in [1.165, 1.54) is 0 Å². The lowest BCUT2D eigenvalue weighted by atomic mass is 9.75. The Bertz CT molecular complexity index is 625. The second-order valence-electron chi connectivity index (χ2n) is 8.29. The fourth-order valence-corrected chi connectivity index (χ4v) is 2.49. The Kier molecular flexibility index (Phi) is 4.92. The number of carbonyl (C=O) groups excluding carboxylic acids is 2. The van der Waals surface area contributed by atoms with Crippen LogP contribution in [0.1, 0.15) is 41.5 Å². The molecular formula is C19H27NO4. The molecule has 0 aliphatic carbocycles. The number of para-hydroxylation sites is 2. The van der Waals surface area contributed by atoms with Crippen molar-refractivity contribution in [1.29, 1.82) is 0 Å². The third-order valence-electron chi connectivity index (χ3n) is 3.96. The molecule has 1 aromatic carbocycles. The van der Waals surface area contributed by atoms with Gasteiger partial charge in [0.1, 0.15) is 6.61 Å². The lowest BCUT2D eigenvalue weighted by Gasteiger charge is -2.36. The highest BCUT2D eigenvalue weighted by molar-refractivity contribution is 5.94. The van der Waals surface area contributed by atoms with Gasteiger partial charge in [0.05, 0.1) is 6.04 Å². The van der Waals surface area contributed by atoms with E-state index in [1.807, 2.05) is 53.7 Å². The SMILES string of the molecule is CC(C)(C)C(=O)C(NC(=O)[C@H]1COc2ccccc2O1)C(C)(C)C. The summed E-state index contributed by atoms with van der Waals surface area (Å²) in [6, 6.07) is 6.63. The van der Waals surface area contributed by atoms with Crippen molar-refractivity contribution in [3.8, 4) is 11.5 Å². The first kappa shape index (κ1) is 18.3. The fraction of sp³-hybridized carbons (Fsp3) is 0.579. The van der Waals surface area contributed by atoms with Crippen LogP contribution >= 0.6 is 0 Å². The number of benzene rings is 1. The molecule has 132 valence electrons. The Balaban J connectivity index is 2.13. The van der Waals surface area contributed by atoms with Gasteiger partial charge in [-0.3, -0.25) is 9.59 Å². The molecule has 24 heavy (non-hydrogen) atoms. The van der Waals surface area contributed by atoms with Crippen LogP contribution in [0.5, 0.6) is 11.5 Å². The highest BCUT2D eigenvalue weighted by Gasteiger charge is 2.40. The van der Waals surface area contributed by atoms with E-state index < -0.39 is 23.0 Å². The van der Waals surface area contributed by atoms with Crippen LogP contribution in [-0.4, -0.2) is 30.4 Å². The summed E-state index contributed by atoms with van der Waals surface area (Å²) in [6.45, 7) is 11.5. The Morgan fingerprint density at radius 3 is 2.21 bits per heavy atom. The number of ether oxygens (including phenoxy) is 2. The average Bonchev–Trinajstić information content (AvgIpc) is 2.49. The topological polar surface area (TPSA) is 64.6 Å². The molecule has 5 nitrogen and oxygen atoms in total. The number of rotatable bonds is 3. The highest BCUT2D eigenvalue weighted by atomic mass is 16.6. The predicted octanol–water partition coefficient (Wildman–Crippen LogP) is 2.97. The quantitative estimate of drug-likeness (QED) is 0.923. The number of nitrogens with one attached hydrogen (secondary N) is 1. The van der Waals surface area contributed by atoms with Gasteiger partial charge in [0, 0.05) is 5.41 Å². The van der Waals surface area contributed by atoms with E-state index in [2.05, 4.69) is 5.32 Å². The summed E-state index contributed by atoms with van der Waals surface area (Å²) in [5.41, 5.74) is -0.935. The monoisotopic (exact) mass is 333 g/mol. The van der Waals surface area contributed by atoms with E-state index in [0.717, 1.165) is 0 Å². The van der Waals surface area contributed by atoms with Crippen LogP contribution in [0.25, 0.3) is 0 Å². The van der Waals surface area contributed by atoms with Crippen molar-refractivity contribution in [2.24, 2.45) is 10.8 Å². The van der Waals surface area contributed by atoms with Gasteiger partial charge in [-0.05, 0) is 17.5 Å². The van der Waals surface area contributed by atoms with Gasteiger partial charge in [-0.15, -0.1) is 0 Å². The Hall–Kier alpha value is -2.04. The molecule has 0 spiro atoms. The fourth-order valence-electron chi connectivity index (χ4n) is 2.49. The van der Waals surface area contributed by atoms with Crippen molar-refractivity contribution >= 4 is 11.7 Å². The van der Waals surface area contributed by atoms with Gasteiger partial charge < -0.3 is 14.8 Å². The molecule has 1 heterocycles. The van der Waals surface area contributed by atoms with E-state index in [4.69, 9.17) is 9.47 Å². The summed E-state index contributed by atoms with van der Waals surface area (Å²) in [5.74, 6) is 0.834. The maximum absolute atomic E-state index is 12.7. The number of carbonyl (C=O) groups is 2. The van der Waals surface area contributed by atoms with Gasteiger partial charge in [0.25, 0.3) is 5.91 Å². The first-order valence-electron chi connectivity index (χ1n) is 8.23. The van der Waals surface area contributed by atoms with E-state index in [0.29, 0.717) is 11.5 Å². The van der Waals surface area contributed by atoms with Crippen LogP contribution < -0.4 is 14.8 Å². The lowest BCUT2D eigenvalue weighted by Crippen LogP contribution is -2.56. The summed E-state index contributed by atoms with van der Waals surface area (Å²) in [6.07, 6.45) is -0.766. The number of amides is 1. The van der Waals surface area contributed by atoms with Gasteiger partial charge in [0.15, 0.2) is 17.3 Å². The summed E-state index contributed by atoms with van der Waals surface area (Å²) >= 11 is 0. The van der Waals surface area contributed by atoms with Crippen molar-refractivity contribution in [3.63, 3.8) is 0 Å². The molecule has 5 heteroatoms. The van der Waals surface area contributed by atoms with E-state index in [9.17, 15) is 9.59 Å². The van der Waals surface area contributed by atoms with Gasteiger partial charge in [0.2, 0.25) is 6.10 Å². The van der Waals surface area contributed by atoms with E-state index in [-0.39, 0.29) is 18.3 Å². The molecule has 1 unspecified atom stereocenters. The Morgan fingerprint density at radius 2 is 1.67 bits per heavy atom. The number of Topliss-reactive ketones (excluding diaryl/α,β-unsaturated/α-hetero) is 1. The van der Waals surface area contributed by atoms with Crippen molar-refractivity contribution in [1.82, 2.24) is 5.32 Å². The molecule has 2 rings (SSSR count). The molecule has 0 fully saturated rings. The first-order valence-corrected chi connectivity index (χ1v) is 8.23. The van der Waals surface area contributed by atoms with E-state index in [1.54, 1.807) is 12.1 Å². The summed E-state index contributed by atoms with van der Waals surface area (Å²) in [7, 11) is 0. The van der Waals surface area contributed by atoms with Crippen LogP contribution in [0.3, 0.4) is 0 Å². The molecule has 1 aliphatic heterocycles. The third-order valence-corrected chi connectivity index (χ3v) is 3.96. The molecule has 0 radical (unpaired) electrons. The van der Waals surface area contributed by atoms with Gasteiger partial charge >= 0.3 is 0 Å². The smallest absolute Gasteiger partial charge is 0.265 e. The minimum atomic E-state index is -0.766. The molecule has 0 bridgehead atoms. The summed E-state index contributed by atoms with van der Waals surface area (Å²) in [4.78, 5) is 25.4. The summed E-state index contributed by atoms with van der Waals surface area (Å²) in [5, 5.41) is 2.87. The second kappa shape index (κ2) is 6.46. The van der Waals surface area contributed by atoms with Gasteiger partial charge in [-0.25, -0.2) is 0 Å². The van der Waals surface area contributed by atoms with Crippen LogP contribution in [0.4, 0.5) is 0 Å². The summed E-state index contributed by atoms with van der Waals surface area (Å²) < 4.78 is 11.3. The molecule has 1 amide bonds. The molecular weight excluding hydrogens is 306 g/mol. The average molecular weight is 333 g/mol. The van der Waals surface area contributed by atoms with Crippen LogP contribution in [0, 0.1) is 10.8 Å². The van der Waals surface area contributed by atoms with Gasteiger partial charge in [-0.2, -0.15) is 0 Å². The van der Waals surface area contributed by atoms with E-state index >= 15 is 0 Å². The molecule has 0 saturated heterocycles. The first-order chi connectivity index (χ1) is 11.0. The Labute approximate surface area is 143 Å². The number of ketones is 1. The molecule has 0 saturated carbocycles. The minimum absolute atomic E-state index is 0.000443. The number of fused-ring (bicyclic) bond motifs is 1. The maximum atomic E-state index is 12.7. The number of hydrogen-bond donors (Lipinski definition) is 1. The van der Waals surface area contributed by atoms with Crippen molar-refractivity contribution in [3.05, 3.63) is 24.3 Å². The minimum Gasteiger partial charge on any atom is -0.485 e. The van der Waals surface area contributed by atoms with Crippen molar-refractivity contribution in [2.45, 2.75) is 53.7 Å². The zero-order chi connectivity index (χ0) is 18.1. The maximum Gasteiger partial charge on any atom is 0.265 e. The van der Waals surface area contributed by atoms with Crippen LogP contribution in [0.2, 0.25) is 0 Å². The Morgan fingerprint density at radius 1 is 1.08 bits per heavy atom. The molecule has 1 N–H and O–H groups in total. The zero-order valence-electron chi connectivity index (χ0n) is 15.3. The molecule has 2 atom stereocenters. The highest BCUT2D eigenvalue weighted by Crippen LogP contribution is 2.32. The second-order valence-corrected chi connectivity index (χ2v) is 8.29. The van der Waals surface area contributed by atoms with Crippen LogP contribution in [-0.2, 0) is 9.59 Å². The zero-order valence-corrected chi connectivity index (χ0v) is 15.3. The standard InChI is InChI=1S/C19H27NO4/c1-18(2,3)15(16(21)19(4,5)6)20-17(22)14-11-23-12-9-7-8-10-13(12)24-14/h7-10,14-15H,11H2,1-6H3,(H,20,22)/t14-,15?/m1/s1. The largest absolute Gasteiger partial charge is 0.485 e. The normalized spacial score (nSPS) is 18.7. The molecule has 1 aliphatic rings. The molecule has 1 aromatic rings. The van der Waals surface area contributed by atoms with Crippen molar-refractivity contribution in [2.75, 3.05) is 6.61 Å². The number of hydrogen-bond acceptors (Lipinski definition) is 4. The van der Waals surface area contributed by atoms with Crippen LogP contribution in [0.15, 0.2) is 24.3 Å². The lowest BCUT2D eigenvalue weighted by molar-refractivity contribution is -0.139. The van der Waals surface area contributed by atoms with Crippen molar-refractivity contribution < 1.29 is 19.1 Å². The predicted molar refractivity (Wildman–Crippen MR) is 92.2 cm³/mol.